The van der Waals surface area contributed by atoms with Crippen LogP contribution < -0.4 is 16.0 Å². The number of anilines is 3. The Morgan fingerprint density at radius 3 is 2.58 bits per heavy atom. The van der Waals surface area contributed by atoms with Gasteiger partial charge in [-0.1, -0.05) is 0 Å². The fourth-order valence-electron chi connectivity index (χ4n) is 1.74. The molecule has 0 aliphatic heterocycles. The molecule has 0 aliphatic carbocycles. The minimum absolute atomic E-state index is 0.146. The molecule has 0 bridgehead atoms. The first-order valence-electron chi connectivity index (χ1n) is 7.21. The van der Waals surface area contributed by atoms with Gasteiger partial charge in [0.1, 0.15) is 11.6 Å². The first-order valence-corrected chi connectivity index (χ1v) is 8.26. The highest BCUT2D eigenvalue weighted by Crippen LogP contribution is 2.19. The second kappa shape index (κ2) is 7.91. The van der Waals surface area contributed by atoms with Gasteiger partial charge in [-0.25, -0.2) is 4.39 Å². The fourth-order valence-corrected chi connectivity index (χ4v) is 2.48. The lowest BCUT2D eigenvalue weighted by Gasteiger charge is -2.13. The van der Waals surface area contributed by atoms with Crippen LogP contribution in [0, 0.1) is 5.82 Å². The number of carbonyl (C=O) groups is 1. The minimum Gasteiger partial charge on any atom is -0.368 e. The third kappa shape index (κ3) is 5.05. The third-order valence-electron chi connectivity index (χ3n) is 3.03. The molecule has 1 aromatic carbocycles. The predicted molar refractivity (Wildman–Crippen MR) is 94.4 cm³/mol. The van der Waals surface area contributed by atoms with Gasteiger partial charge < -0.3 is 16.0 Å². The van der Waals surface area contributed by atoms with Crippen LogP contribution in [-0.2, 0) is 10.5 Å². The Morgan fingerprint density at radius 2 is 1.96 bits per heavy atom. The molecule has 0 radical (unpaired) electrons. The number of carbonyl (C=O) groups excluding carboxylic acids is 1. The number of benzene rings is 1. The molecule has 3 N–H and O–H groups in total. The average molecular weight is 350 g/mol. The van der Waals surface area contributed by atoms with E-state index in [4.69, 9.17) is 5.73 Å². The highest BCUT2D eigenvalue weighted by atomic mass is 32.2. The van der Waals surface area contributed by atoms with Crippen molar-refractivity contribution >= 4 is 35.3 Å². The molecule has 0 aliphatic rings. The summed E-state index contributed by atoms with van der Waals surface area (Å²) in [5.41, 5.74) is 6.22. The highest BCUT2D eigenvalue weighted by molar-refractivity contribution is 7.99. The van der Waals surface area contributed by atoms with E-state index < -0.39 is 0 Å². The Balaban J connectivity index is 1.93. The number of nitrogens with one attached hydrogen (secondary N) is 1. The maximum atomic E-state index is 12.9. The molecule has 2 rings (SSSR count). The Kier molecular flexibility index (Phi) is 5.91. The zero-order valence-electron chi connectivity index (χ0n) is 13.7. The first kappa shape index (κ1) is 17.9. The molecule has 0 fully saturated rings. The fraction of sp³-hybridized carbons (Fsp3) is 0.333. The predicted octanol–water partition coefficient (Wildman–Crippen LogP) is 1.92. The van der Waals surface area contributed by atoms with Gasteiger partial charge in [-0.2, -0.15) is 15.0 Å². The summed E-state index contributed by atoms with van der Waals surface area (Å²) < 4.78 is 12.9. The Hall–Kier alpha value is -2.42. The number of nitrogen functional groups attached to an aromatic ring is 1. The number of amides is 1. The van der Waals surface area contributed by atoms with Crippen LogP contribution in [0.5, 0.6) is 0 Å². The molecule has 7 nitrogen and oxygen atoms in total. The SMILES string of the molecule is C[C@@H](SCc1nc(N)nc(N(C)C)n1)C(=O)Nc1ccc(F)cc1. The second-order valence-corrected chi connectivity index (χ2v) is 6.58. The van der Waals surface area contributed by atoms with E-state index in [0.717, 1.165) is 0 Å². The second-order valence-electron chi connectivity index (χ2n) is 5.25. The molecular weight excluding hydrogens is 331 g/mol. The third-order valence-corrected chi connectivity index (χ3v) is 4.17. The number of nitrogens with two attached hydrogens (primary N) is 1. The lowest BCUT2D eigenvalue weighted by molar-refractivity contribution is -0.115. The maximum absolute atomic E-state index is 12.9. The van der Waals surface area contributed by atoms with Gasteiger partial charge in [0.25, 0.3) is 0 Å². The topological polar surface area (TPSA) is 97.0 Å². The summed E-state index contributed by atoms with van der Waals surface area (Å²) in [4.78, 5) is 26.3. The van der Waals surface area contributed by atoms with E-state index in [1.54, 1.807) is 11.8 Å². The van der Waals surface area contributed by atoms with Crippen molar-refractivity contribution in [2.75, 3.05) is 30.0 Å². The van der Waals surface area contributed by atoms with Gasteiger partial charge >= 0.3 is 0 Å². The van der Waals surface area contributed by atoms with Gasteiger partial charge in [0, 0.05) is 19.8 Å². The minimum atomic E-state index is -0.348. The van der Waals surface area contributed by atoms with Crippen molar-refractivity contribution in [2.24, 2.45) is 0 Å². The quantitative estimate of drug-likeness (QED) is 0.821. The number of thioether (sulfide) groups is 1. The molecule has 1 heterocycles. The van der Waals surface area contributed by atoms with Crippen LogP contribution in [0.25, 0.3) is 0 Å². The standard InChI is InChI=1S/C15H19FN6OS/c1-9(13(23)18-11-6-4-10(16)5-7-11)24-8-12-19-14(17)21-15(20-12)22(2)3/h4-7,9H,8H2,1-3H3,(H,18,23)(H2,17,19,20,21)/t9-/m1/s1. The van der Waals surface area contributed by atoms with Crippen molar-refractivity contribution in [3.05, 3.63) is 35.9 Å². The summed E-state index contributed by atoms with van der Waals surface area (Å²) in [6.07, 6.45) is 0. The van der Waals surface area contributed by atoms with Crippen molar-refractivity contribution in [1.82, 2.24) is 15.0 Å². The molecule has 1 atom stereocenters. The van der Waals surface area contributed by atoms with Crippen LogP contribution in [0.4, 0.5) is 22.0 Å². The van der Waals surface area contributed by atoms with Gasteiger partial charge in [-0.3, -0.25) is 4.79 Å². The van der Waals surface area contributed by atoms with Crippen LogP contribution in [0.2, 0.25) is 0 Å². The number of aromatic nitrogens is 3. The molecule has 0 saturated carbocycles. The molecule has 0 saturated heterocycles. The Bertz CT molecular complexity index is 710. The molecule has 0 spiro atoms. The van der Waals surface area contributed by atoms with Crippen molar-refractivity contribution in [1.29, 1.82) is 0 Å². The summed E-state index contributed by atoms with van der Waals surface area (Å²) in [5, 5.41) is 2.40. The van der Waals surface area contributed by atoms with Crippen LogP contribution in [0.15, 0.2) is 24.3 Å². The van der Waals surface area contributed by atoms with Crippen LogP contribution in [0.3, 0.4) is 0 Å². The van der Waals surface area contributed by atoms with E-state index >= 15 is 0 Å². The maximum Gasteiger partial charge on any atom is 0.237 e. The van der Waals surface area contributed by atoms with Gasteiger partial charge in [-0.05, 0) is 31.2 Å². The molecular formula is C15H19FN6OS. The average Bonchev–Trinajstić information content (AvgIpc) is 2.54. The number of hydrogen-bond acceptors (Lipinski definition) is 7. The Morgan fingerprint density at radius 1 is 1.29 bits per heavy atom. The van der Waals surface area contributed by atoms with E-state index in [1.807, 2.05) is 14.1 Å². The summed E-state index contributed by atoms with van der Waals surface area (Å²) in [6, 6.07) is 5.62. The van der Waals surface area contributed by atoms with Crippen molar-refractivity contribution in [2.45, 2.75) is 17.9 Å². The van der Waals surface area contributed by atoms with E-state index in [-0.39, 0.29) is 22.9 Å². The van der Waals surface area contributed by atoms with E-state index in [1.165, 1.54) is 36.0 Å². The zero-order valence-corrected chi connectivity index (χ0v) is 14.5. The Labute approximate surface area is 143 Å². The zero-order chi connectivity index (χ0) is 17.7. The molecule has 0 unspecified atom stereocenters. The molecule has 1 amide bonds. The number of halogens is 1. The van der Waals surface area contributed by atoms with Crippen LogP contribution in [0.1, 0.15) is 12.7 Å². The first-order chi connectivity index (χ1) is 11.3. The van der Waals surface area contributed by atoms with E-state index in [0.29, 0.717) is 23.2 Å². The summed E-state index contributed by atoms with van der Waals surface area (Å²) >= 11 is 1.38. The van der Waals surface area contributed by atoms with E-state index in [9.17, 15) is 9.18 Å². The normalized spacial score (nSPS) is 11.8. The lowest BCUT2D eigenvalue weighted by atomic mass is 10.3. The number of nitrogens with zero attached hydrogens (tertiary/aromatic N) is 4. The monoisotopic (exact) mass is 350 g/mol. The van der Waals surface area contributed by atoms with Gasteiger partial charge in [0.2, 0.25) is 17.8 Å². The highest BCUT2D eigenvalue weighted by Gasteiger charge is 2.15. The number of hydrogen-bond donors (Lipinski definition) is 2. The van der Waals surface area contributed by atoms with Gasteiger partial charge in [-0.15, -0.1) is 11.8 Å². The molecule has 24 heavy (non-hydrogen) atoms. The molecule has 9 heteroatoms. The van der Waals surface area contributed by atoms with Crippen molar-refractivity contribution in [3.8, 4) is 0 Å². The van der Waals surface area contributed by atoms with Gasteiger partial charge in [0.15, 0.2) is 0 Å². The smallest absolute Gasteiger partial charge is 0.237 e. The van der Waals surface area contributed by atoms with Crippen LogP contribution in [-0.4, -0.2) is 40.2 Å². The summed E-state index contributed by atoms with van der Waals surface area (Å²) in [7, 11) is 3.62. The van der Waals surface area contributed by atoms with E-state index in [2.05, 4.69) is 20.3 Å². The summed E-state index contributed by atoms with van der Waals surface area (Å²) in [5.74, 6) is 1.03. The summed E-state index contributed by atoms with van der Waals surface area (Å²) in [6.45, 7) is 1.78. The molecule has 1 aromatic heterocycles. The van der Waals surface area contributed by atoms with Crippen molar-refractivity contribution in [3.63, 3.8) is 0 Å². The largest absolute Gasteiger partial charge is 0.368 e. The molecule has 128 valence electrons. The number of rotatable bonds is 6. The lowest BCUT2D eigenvalue weighted by Crippen LogP contribution is -2.23. The van der Waals surface area contributed by atoms with Crippen LogP contribution >= 0.6 is 11.8 Å². The van der Waals surface area contributed by atoms with Crippen molar-refractivity contribution < 1.29 is 9.18 Å². The van der Waals surface area contributed by atoms with Gasteiger partial charge in [0.05, 0.1) is 11.0 Å². The molecule has 2 aromatic rings.